The second-order valence-electron chi connectivity index (χ2n) is 20.7. The minimum absolute atomic E-state index is 0.0274. The first kappa shape index (κ1) is 42.7. The second kappa shape index (κ2) is 19.1. The number of carbonyl (C=O) groups is 2. The van der Waals surface area contributed by atoms with Gasteiger partial charge in [-0.15, -0.1) is 0 Å². The molecule has 5 aromatic carbocycles. The van der Waals surface area contributed by atoms with E-state index in [1.807, 2.05) is 0 Å². The van der Waals surface area contributed by atoms with Crippen molar-refractivity contribution in [3.63, 3.8) is 0 Å². The SMILES string of the molecule is O=C(NCCCc1c2ccccc2c(CCNC(=O)N[C@H]2CC[C@H](CCN3[C@@H]4CC[C@H]3c3ccccc34)CC2)c2ccccc12)N[C@H]1CC[C@H](CCN2[C@@H]3CC[C@H]2c2ccccc23)CC1. The first-order valence-electron chi connectivity index (χ1n) is 25.7. The molecule has 0 aromatic heterocycles. The van der Waals surface area contributed by atoms with Crippen LogP contribution in [-0.2, 0) is 12.8 Å². The molecule has 2 saturated carbocycles. The molecule has 4 aliphatic heterocycles. The summed E-state index contributed by atoms with van der Waals surface area (Å²) in [7, 11) is 0. The molecule has 5 aromatic rings. The molecule has 4 atom stereocenters. The van der Waals surface area contributed by atoms with Gasteiger partial charge in [0.2, 0.25) is 0 Å². The molecule has 0 spiro atoms. The molecule has 2 aliphatic carbocycles. The van der Waals surface area contributed by atoms with Crippen LogP contribution in [0.5, 0.6) is 0 Å². The monoisotopic (exact) mass is 871 g/mol. The third kappa shape index (κ3) is 8.78. The standard InChI is InChI=1S/C57H70N6O2/c64-56(60-40-23-19-38(20-24-40)32-36-62-52-27-28-53(62)49-15-6-5-14-48(49)52)58-34-9-18-46-42-10-1-3-12-44(42)47(45-13-4-2-11-43(45)46)31-35-59-57(65)61-41-25-21-39(22-26-41)33-37-63-54-29-30-55(63)51-17-8-7-16-50(51)54/h1-8,10-17,38-41,52-55H,9,18-37H2,(H2,58,60,64)(H2,59,61,65)/t38-,39-,40-,41-,52-,53+,54-,55+. The molecule has 4 bridgehead atoms. The van der Waals surface area contributed by atoms with Crippen molar-refractivity contribution in [3.05, 3.63) is 130 Å². The summed E-state index contributed by atoms with van der Waals surface area (Å²) >= 11 is 0. The van der Waals surface area contributed by atoms with Gasteiger partial charge >= 0.3 is 12.1 Å². The molecule has 4 amide bonds. The van der Waals surface area contributed by atoms with Crippen LogP contribution in [0.4, 0.5) is 9.59 Å². The maximum absolute atomic E-state index is 13.2. The Morgan fingerprint density at radius 3 is 1.18 bits per heavy atom. The highest BCUT2D eigenvalue weighted by Crippen LogP contribution is 2.54. The van der Waals surface area contributed by atoms with Gasteiger partial charge in [-0.3, -0.25) is 9.80 Å². The number of urea groups is 2. The van der Waals surface area contributed by atoms with E-state index < -0.39 is 0 Å². The fourth-order valence-corrected chi connectivity index (χ4v) is 13.9. The van der Waals surface area contributed by atoms with Crippen LogP contribution in [0.2, 0.25) is 0 Å². The van der Waals surface area contributed by atoms with Gasteiger partial charge in [-0.1, -0.05) is 97.1 Å². The average Bonchev–Trinajstić information content (AvgIpc) is 4.11. The van der Waals surface area contributed by atoms with Gasteiger partial charge in [-0.25, -0.2) is 9.59 Å². The number of nitrogens with zero attached hydrogens (tertiary/aromatic N) is 2. The zero-order valence-corrected chi connectivity index (χ0v) is 38.4. The van der Waals surface area contributed by atoms with E-state index in [2.05, 4.69) is 128 Å². The topological polar surface area (TPSA) is 88.7 Å². The van der Waals surface area contributed by atoms with Crippen LogP contribution in [-0.4, -0.2) is 60.1 Å². The lowest BCUT2D eigenvalue weighted by Gasteiger charge is -2.31. The molecule has 0 unspecified atom stereocenters. The zero-order chi connectivity index (χ0) is 43.7. The number of aryl methyl sites for hydroxylation is 1. The molecule has 8 heteroatoms. The molecule has 4 fully saturated rings. The summed E-state index contributed by atoms with van der Waals surface area (Å²) in [6.45, 7) is 3.63. The van der Waals surface area contributed by atoms with Crippen LogP contribution in [0.15, 0.2) is 97.1 Å². The zero-order valence-electron chi connectivity index (χ0n) is 38.4. The predicted molar refractivity (Wildman–Crippen MR) is 263 cm³/mol. The van der Waals surface area contributed by atoms with Crippen molar-refractivity contribution in [1.29, 1.82) is 0 Å². The summed E-state index contributed by atoms with van der Waals surface area (Å²) < 4.78 is 0. The molecule has 65 heavy (non-hydrogen) atoms. The lowest BCUT2D eigenvalue weighted by molar-refractivity contribution is 0.185. The summed E-state index contributed by atoms with van der Waals surface area (Å²) in [6.07, 6.45) is 19.4. The van der Waals surface area contributed by atoms with Crippen LogP contribution >= 0.6 is 0 Å². The van der Waals surface area contributed by atoms with Gasteiger partial charge in [0, 0.05) is 49.3 Å². The fourth-order valence-electron chi connectivity index (χ4n) is 13.9. The number of carbonyl (C=O) groups excluding carboxylic acids is 2. The fraction of sp³-hybridized carbons (Fsp3) is 0.509. The van der Waals surface area contributed by atoms with Gasteiger partial charge in [0.15, 0.2) is 0 Å². The molecular formula is C57H70N6O2. The maximum atomic E-state index is 13.2. The van der Waals surface area contributed by atoms with Crippen LogP contribution < -0.4 is 21.3 Å². The summed E-state index contributed by atoms with van der Waals surface area (Å²) in [5.41, 5.74) is 8.93. The van der Waals surface area contributed by atoms with Crippen LogP contribution in [0.25, 0.3) is 21.5 Å². The van der Waals surface area contributed by atoms with E-state index in [9.17, 15) is 9.59 Å². The van der Waals surface area contributed by atoms with E-state index in [1.165, 1.54) is 110 Å². The van der Waals surface area contributed by atoms with E-state index in [-0.39, 0.29) is 24.1 Å². The summed E-state index contributed by atoms with van der Waals surface area (Å²) in [5.74, 6) is 1.51. The maximum Gasteiger partial charge on any atom is 0.315 e. The predicted octanol–water partition coefficient (Wildman–Crippen LogP) is 11.7. The number of hydrogen-bond donors (Lipinski definition) is 4. The Labute approximate surface area is 386 Å². The number of benzene rings is 5. The molecule has 4 heterocycles. The van der Waals surface area contributed by atoms with Gasteiger partial charge in [0.25, 0.3) is 0 Å². The lowest BCUT2D eigenvalue weighted by Crippen LogP contribution is -2.44. The van der Waals surface area contributed by atoms with Crippen molar-refractivity contribution >= 4 is 33.6 Å². The van der Waals surface area contributed by atoms with E-state index in [1.54, 1.807) is 22.3 Å². The number of amides is 4. The molecule has 6 aliphatic rings. The van der Waals surface area contributed by atoms with E-state index in [0.717, 1.165) is 56.8 Å². The number of rotatable bonds is 15. The highest BCUT2D eigenvalue weighted by Gasteiger charge is 2.44. The number of nitrogens with one attached hydrogen (secondary N) is 4. The van der Waals surface area contributed by atoms with E-state index >= 15 is 0 Å². The van der Waals surface area contributed by atoms with Crippen LogP contribution in [0.3, 0.4) is 0 Å². The Kier molecular flexibility index (Phi) is 12.6. The largest absolute Gasteiger partial charge is 0.338 e. The first-order chi connectivity index (χ1) is 32.1. The van der Waals surface area contributed by atoms with E-state index in [0.29, 0.717) is 37.3 Å². The third-order valence-corrected chi connectivity index (χ3v) is 17.1. The molecule has 8 nitrogen and oxygen atoms in total. The minimum Gasteiger partial charge on any atom is -0.338 e. The van der Waals surface area contributed by atoms with Gasteiger partial charge in [-0.2, -0.15) is 0 Å². The second-order valence-corrected chi connectivity index (χ2v) is 20.7. The van der Waals surface area contributed by atoms with Crippen molar-refractivity contribution in [2.24, 2.45) is 11.8 Å². The Bertz CT molecular complexity index is 2370. The summed E-state index contributed by atoms with van der Waals surface area (Å²) in [6, 6.07) is 38.7. The highest BCUT2D eigenvalue weighted by molar-refractivity contribution is 6.06. The highest BCUT2D eigenvalue weighted by atomic mass is 16.2. The molecule has 0 radical (unpaired) electrons. The van der Waals surface area contributed by atoms with Crippen molar-refractivity contribution in [2.75, 3.05) is 26.2 Å². The van der Waals surface area contributed by atoms with E-state index in [4.69, 9.17) is 0 Å². The Morgan fingerprint density at radius 1 is 0.431 bits per heavy atom. The Morgan fingerprint density at radius 2 is 0.785 bits per heavy atom. The van der Waals surface area contributed by atoms with Gasteiger partial charge in [0.1, 0.15) is 0 Å². The van der Waals surface area contributed by atoms with Gasteiger partial charge < -0.3 is 21.3 Å². The molecular weight excluding hydrogens is 801 g/mol. The third-order valence-electron chi connectivity index (χ3n) is 17.1. The first-order valence-corrected chi connectivity index (χ1v) is 25.7. The molecule has 2 saturated heterocycles. The van der Waals surface area contributed by atoms with Crippen molar-refractivity contribution in [2.45, 2.75) is 145 Å². The Balaban J connectivity index is 0.612. The summed E-state index contributed by atoms with van der Waals surface area (Å²) in [5, 5.41) is 18.1. The van der Waals surface area contributed by atoms with Crippen molar-refractivity contribution in [1.82, 2.24) is 31.1 Å². The Hall–Kier alpha value is -4.92. The summed E-state index contributed by atoms with van der Waals surface area (Å²) in [4.78, 5) is 31.9. The number of fused-ring (bicyclic) bond motifs is 12. The quantitative estimate of drug-likeness (QED) is 0.0623. The van der Waals surface area contributed by atoms with Crippen molar-refractivity contribution < 1.29 is 9.59 Å². The number of hydrogen-bond acceptors (Lipinski definition) is 4. The lowest BCUT2D eigenvalue weighted by atomic mass is 9.84. The average molecular weight is 871 g/mol. The normalized spacial score (nSPS) is 26.9. The van der Waals surface area contributed by atoms with Gasteiger partial charge in [0.05, 0.1) is 0 Å². The van der Waals surface area contributed by atoms with Crippen LogP contribution in [0, 0.1) is 11.8 Å². The minimum atomic E-state index is -0.0411. The van der Waals surface area contributed by atoms with Crippen molar-refractivity contribution in [3.8, 4) is 0 Å². The van der Waals surface area contributed by atoms with Crippen LogP contribution in [0.1, 0.15) is 154 Å². The smallest absolute Gasteiger partial charge is 0.315 e. The molecule has 340 valence electrons. The van der Waals surface area contributed by atoms with Gasteiger partial charge in [-0.05, 0) is 189 Å². The molecule has 4 N–H and O–H groups in total. The molecule has 11 rings (SSSR count).